The van der Waals surface area contributed by atoms with Gasteiger partial charge in [0.25, 0.3) is 0 Å². The first-order valence-corrected chi connectivity index (χ1v) is 13.6. The van der Waals surface area contributed by atoms with E-state index in [9.17, 15) is 61.9 Å². The lowest BCUT2D eigenvalue weighted by atomic mass is 9.94. The number of benzene rings is 2. The predicted octanol–water partition coefficient (Wildman–Crippen LogP) is 10.3. The summed E-state index contributed by atoms with van der Waals surface area (Å²) in [6, 6.07) is 9.84. The normalized spacial score (nSPS) is 13.5. The second kappa shape index (κ2) is 15.4. The zero-order chi connectivity index (χ0) is 36.6. The minimum Gasteiger partial charge on any atom is -0.494 e. The van der Waals surface area contributed by atoms with Gasteiger partial charge in [0.05, 0.1) is 24.6 Å². The van der Waals surface area contributed by atoms with Crippen LogP contribution in [0.15, 0.2) is 70.9 Å². The van der Waals surface area contributed by atoms with Gasteiger partial charge in [-0.3, -0.25) is 0 Å². The molecule has 19 heteroatoms. The van der Waals surface area contributed by atoms with Crippen molar-refractivity contribution in [2.45, 2.75) is 68.4 Å². The van der Waals surface area contributed by atoms with Gasteiger partial charge in [-0.1, -0.05) is 6.58 Å². The van der Waals surface area contributed by atoms with Gasteiger partial charge < -0.3 is 14.2 Å². The quantitative estimate of drug-likeness (QED) is 0.0507. The Morgan fingerprint density at radius 3 is 1.46 bits per heavy atom. The third-order valence-electron chi connectivity index (χ3n) is 6.26. The number of hydrogen-bond acceptors (Lipinski definition) is 6. The molecule has 2 rings (SSSR count). The van der Waals surface area contributed by atoms with Crippen LogP contribution in [0.4, 0.5) is 68.5 Å². The van der Waals surface area contributed by atoms with Crippen molar-refractivity contribution in [3.8, 4) is 11.5 Å². The van der Waals surface area contributed by atoms with Crippen molar-refractivity contribution in [1.82, 2.24) is 0 Å². The number of carbonyl (C=O) groups excluding carboxylic acids is 1. The van der Waals surface area contributed by atoms with Crippen LogP contribution in [0.1, 0.15) is 32.6 Å². The SMILES string of the molecule is C=C(C)C(=O)OCCCCCCOc1ccc(N=Nc2ccc(OCC(F)(F)C(F)(F)C(F)(F)C(F)(F)C(F)(F)C(F)(F)F)cc2)cc1. The Kier molecular flexibility index (Phi) is 12.9. The standard InChI is InChI=1S/C29H27F13N2O4/c1-18(2)23(45)47-16-6-4-3-5-15-46-21-11-7-19(8-12-21)43-44-20-9-13-22(14-10-20)48-17-24(30,31)25(32,33)26(34,35)27(36,37)28(38,39)29(40,41)42/h7-14H,1,3-6,15-17H2,2H3. The first kappa shape index (κ1) is 40.1. The van der Waals surface area contributed by atoms with Crippen LogP contribution >= 0.6 is 0 Å². The van der Waals surface area contributed by atoms with Crippen LogP contribution < -0.4 is 9.47 Å². The molecule has 0 aliphatic heterocycles. The minimum absolute atomic E-state index is 0.0229. The van der Waals surface area contributed by atoms with Crippen molar-refractivity contribution in [1.29, 1.82) is 0 Å². The number of halogens is 13. The lowest BCUT2D eigenvalue weighted by Gasteiger charge is -2.39. The number of nitrogens with zero attached hydrogens (tertiary/aromatic N) is 2. The molecule has 0 N–H and O–H groups in total. The van der Waals surface area contributed by atoms with Gasteiger partial charge >= 0.3 is 41.8 Å². The summed E-state index contributed by atoms with van der Waals surface area (Å²) in [5.74, 6) is -38.1. The molecule has 0 unspecified atom stereocenters. The molecule has 0 saturated carbocycles. The zero-order valence-electron chi connectivity index (χ0n) is 24.7. The van der Waals surface area contributed by atoms with E-state index >= 15 is 0 Å². The zero-order valence-corrected chi connectivity index (χ0v) is 24.7. The van der Waals surface area contributed by atoms with Crippen LogP contribution in [0, 0.1) is 0 Å². The molecule has 6 nitrogen and oxygen atoms in total. The predicted molar refractivity (Wildman–Crippen MR) is 143 cm³/mol. The topological polar surface area (TPSA) is 69.5 Å². The molecule has 0 atom stereocenters. The largest absolute Gasteiger partial charge is 0.494 e. The number of hydrogen-bond donors (Lipinski definition) is 0. The number of carbonyl (C=O) groups is 1. The van der Waals surface area contributed by atoms with Gasteiger partial charge in [-0.15, -0.1) is 0 Å². The monoisotopic (exact) mass is 714 g/mol. The molecule has 0 spiro atoms. The summed E-state index contributed by atoms with van der Waals surface area (Å²) in [4.78, 5) is 11.3. The maximum absolute atomic E-state index is 13.9. The van der Waals surface area contributed by atoms with Crippen LogP contribution in [-0.2, 0) is 9.53 Å². The molecule has 0 aliphatic rings. The second-order valence-corrected chi connectivity index (χ2v) is 10.2. The molecule has 0 aromatic heterocycles. The molecule has 2 aromatic rings. The van der Waals surface area contributed by atoms with E-state index in [1.165, 1.54) is 12.1 Å². The summed E-state index contributed by atoms with van der Waals surface area (Å²) >= 11 is 0. The van der Waals surface area contributed by atoms with E-state index in [0.717, 1.165) is 43.5 Å². The van der Waals surface area contributed by atoms with Crippen LogP contribution in [0.25, 0.3) is 0 Å². The molecule has 0 amide bonds. The summed E-state index contributed by atoms with van der Waals surface area (Å²) in [6.45, 7) is 2.93. The third kappa shape index (κ3) is 9.30. The molecular formula is C29H27F13N2O4. The van der Waals surface area contributed by atoms with Gasteiger partial charge in [-0.2, -0.15) is 67.3 Å². The Balaban J connectivity index is 1.89. The van der Waals surface area contributed by atoms with Crippen molar-refractivity contribution in [3.05, 3.63) is 60.7 Å². The number of rotatable bonds is 18. The van der Waals surface area contributed by atoms with Gasteiger partial charge in [0.2, 0.25) is 0 Å². The summed E-state index contributed by atoms with van der Waals surface area (Å²) in [6.07, 6.45) is -4.40. The Labute approximate surface area is 264 Å². The summed E-state index contributed by atoms with van der Waals surface area (Å²) in [5.41, 5.74) is 0.669. The number of ether oxygens (including phenoxy) is 3. The van der Waals surface area contributed by atoms with Crippen molar-refractivity contribution >= 4 is 17.3 Å². The van der Waals surface area contributed by atoms with Crippen LogP contribution in [0.2, 0.25) is 0 Å². The first-order chi connectivity index (χ1) is 22.0. The van der Waals surface area contributed by atoms with E-state index in [0.29, 0.717) is 36.6 Å². The summed E-state index contributed by atoms with van der Waals surface area (Å²) < 4.78 is 187. The highest BCUT2D eigenvalue weighted by atomic mass is 19.4. The number of esters is 1. The molecule has 0 aliphatic carbocycles. The fourth-order valence-corrected chi connectivity index (χ4v) is 3.44. The molecule has 48 heavy (non-hydrogen) atoms. The van der Waals surface area contributed by atoms with Crippen molar-refractivity contribution < 1.29 is 76.1 Å². The average molecular weight is 715 g/mol. The maximum atomic E-state index is 13.9. The van der Waals surface area contributed by atoms with E-state index < -0.39 is 54.1 Å². The lowest BCUT2D eigenvalue weighted by molar-refractivity contribution is -0.440. The van der Waals surface area contributed by atoms with Crippen molar-refractivity contribution in [2.75, 3.05) is 19.8 Å². The molecule has 0 fully saturated rings. The van der Waals surface area contributed by atoms with Crippen LogP contribution in [0.5, 0.6) is 11.5 Å². The van der Waals surface area contributed by atoms with E-state index in [4.69, 9.17) is 9.47 Å². The van der Waals surface area contributed by atoms with Gasteiger partial charge in [0.1, 0.15) is 11.5 Å². The van der Waals surface area contributed by atoms with Crippen molar-refractivity contribution in [3.63, 3.8) is 0 Å². The average Bonchev–Trinajstić information content (AvgIpc) is 3.00. The van der Waals surface area contributed by atoms with E-state index in [1.54, 1.807) is 19.1 Å². The number of alkyl halides is 13. The van der Waals surface area contributed by atoms with E-state index in [2.05, 4.69) is 21.5 Å². The maximum Gasteiger partial charge on any atom is 0.460 e. The summed E-state index contributed by atoms with van der Waals surface area (Å²) in [7, 11) is 0. The first-order valence-electron chi connectivity index (χ1n) is 13.6. The van der Waals surface area contributed by atoms with Gasteiger partial charge in [0, 0.05) is 5.57 Å². The van der Waals surface area contributed by atoms with Gasteiger partial charge in [-0.25, -0.2) is 4.79 Å². The summed E-state index contributed by atoms with van der Waals surface area (Å²) in [5, 5.41) is 7.69. The molecule has 0 radical (unpaired) electrons. The molecule has 0 saturated heterocycles. The Morgan fingerprint density at radius 1 is 0.604 bits per heavy atom. The molecule has 2 aromatic carbocycles. The molecular weight excluding hydrogens is 687 g/mol. The molecule has 0 bridgehead atoms. The van der Waals surface area contributed by atoms with Crippen LogP contribution in [0.3, 0.4) is 0 Å². The number of unbranched alkanes of at least 4 members (excludes halogenated alkanes) is 3. The van der Waals surface area contributed by atoms with Gasteiger partial charge in [-0.05, 0) is 81.1 Å². The number of azo groups is 1. The minimum atomic E-state index is -7.98. The second-order valence-electron chi connectivity index (χ2n) is 10.2. The fraction of sp³-hybridized carbons (Fsp3) is 0.483. The van der Waals surface area contributed by atoms with Crippen molar-refractivity contribution in [2.24, 2.45) is 10.2 Å². The fourth-order valence-electron chi connectivity index (χ4n) is 3.44. The third-order valence-corrected chi connectivity index (χ3v) is 6.26. The van der Waals surface area contributed by atoms with E-state index in [-0.39, 0.29) is 5.69 Å². The highest BCUT2D eigenvalue weighted by Crippen LogP contribution is 2.60. The smallest absolute Gasteiger partial charge is 0.460 e. The highest BCUT2D eigenvalue weighted by molar-refractivity contribution is 5.86. The van der Waals surface area contributed by atoms with Gasteiger partial charge in [0.15, 0.2) is 6.61 Å². The molecule has 268 valence electrons. The van der Waals surface area contributed by atoms with Crippen LogP contribution in [-0.4, -0.2) is 61.6 Å². The van der Waals surface area contributed by atoms with E-state index in [1.807, 2.05) is 0 Å². The Bertz CT molecular complexity index is 1400. The lowest BCUT2D eigenvalue weighted by Crippen LogP contribution is -2.70. The Morgan fingerprint density at radius 2 is 1.02 bits per heavy atom. The Hall–Kier alpha value is -4.06. The highest BCUT2D eigenvalue weighted by Gasteiger charge is 2.90. The molecule has 0 heterocycles.